The highest BCUT2D eigenvalue weighted by molar-refractivity contribution is 5.80. The molecule has 0 atom stereocenters. The van der Waals surface area contributed by atoms with E-state index in [0.717, 1.165) is 22.3 Å². The first-order chi connectivity index (χ1) is 11.6. The average molecular weight is 321 g/mol. The van der Waals surface area contributed by atoms with Gasteiger partial charge in [0, 0.05) is 17.8 Å². The highest BCUT2D eigenvalue weighted by atomic mass is 16.5. The molecule has 4 rings (SSSR count). The summed E-state index contributed by atoms with van der Waals surface area (Å²) in [5.74, 6) is 0.821. The Labute approximate surface area is 137 Å². The number of aromatic nitrogens is 7. The molecule has 3 heterocycles. The minimum absolute atomic E-state index is 0.248. The highest BCUT2D eigenvalue weighted by Crippen LogP contribution is 2.24. The minimum Gasteiger partial charge on any atom is -0.332 e. The van der Waals surface area contributed by atoms with Crippen LogP contribution in [-0.4, -0.2) is 35.1 Å². The number of fused-ring (bicyclic) bond motifs is 1. The molecular weight excluding hydrogens is 306 g/mol. The lowest BCUT2D eigenvalue weighted by Crippen LogP contribution is -2.02. The second-order valence-electron chi connectivity index (χ2n) is 5.80. The van der Waals surface area contributed by atoms with Crippen molar-refractivity contribution < 1.29 is 4.52 Å². The summed E-state index contributed by atoms with van der Waals surface area (Å²) in [6.07, 6.45) is 3.27. The van der Waals surface area contributed by atoms with Gasteiger partial charge in [-0.2, -0.15) is 4.98 Å². The summed E-state index contributed by atoms with van der Waals surface area (Å²) < 4.78 is 7.19. The zero-order valence-corrected chi connectivity index (χ0v) is 13.5. The van der Waals surface area contributed by atoms with Gasteiger partial charge < -0.3 is 4.52 Å². The quantitative estimate of drug-likeness (QED) is 0.572. The topological polar surface area (TPSA) is 95.4 Å². The van der Waals surface area contributed by atoms with Crippen LogP contribution in [0.15, 0.2) is 35.1 Å². The van der Waals surface area contributed by atoms with Gasteiger partial charge in [0.15, 0.2) is 0 Å². The predicted octanol–water partition coefficient (Wildman–Crippen LogP) is 2.83. The summed E-state index contributed by atoms with van der Waals surface area (Å²) in [4.78, 5) is 12.8. The molecule has 0 spiro atoms. The smallest absolute Gasteiger partial charge is 0.278 e. The van der Waals surface area contributed by atoms with Crippen LogP contribution < -0.4 is 0 Å². The molecule has 0 unspecified atom stereocenters. The van der Waals surface area contributed by atoms with Crippen LogP contribution in [0.4, 0.5) is 0 Å². The van der Waals surface area contributed by atoms with Crippen molar-refractivity contribution in [1.82, 2.24) is 35.1 Å². The van der Waals surface area contributed by atoms with Gasteiger partial charge in [-0.15, -0.1) is 5.10 Å². The van der Waals surface area contributed by atoms with Crippen LogP contribution >= 0.6 is 0 Å². The zero-order valence-electron chi connectivity index (χ0n) is 13.5. The lowest BCUT2D eigenvalue weighted by molar-refractivity contribution is 0.430. The molecule has 0 bridgehead atoms. The van der Waals surface area contributed by atoms with Crippen LogP contribution in [0.25, 0.3) is 34.0 Å². The van der Waals surface area contributed by atoms with Gasteiger partial charge in [-0.05, 0) is 39.0 Å². The molecule has 0 saturated heterocycles. The summed E-state index contributed by atoms with van der Waals surface area (Å²) in [6, 6.07) is 6.05. The Balaban J connectivity index is 1.73. The fraction of sp³-hybridized carbons (Fsp3) is 0.250. The van der Waals surface area contributed by atoms with E-state index in [1.165, 1.54) is 0 Å². The van der Waals surface area contributed by atoms with Gasteiger partial charge in [-0.1, -0.05) is 10.4 Å². The molecule has 3 aromatic heterocycles. The number of hydrogen-bond acceptors (Lipinski definition) is 7. The van der Waals surface area contributed by atoms with Gasteiger partial charge in [-0.25, -0.2) is 9.67 Å². The second-order valence-corrected chi connectivity index (χ2v) is 5.80. The summed E-state index contributed by atoms with van der Waals surface area (Å²) in [5.41, 5.74) is 3.93. The Hall–Kier alpha value is -3.16. The number of hydrogen-bond donors (Lipinski definition) is 0. The van der Waals surface area contributed by atoms with Gasteiger partial charge in [0.1, 0.15) is 11.2 Å². The third-order valence-electron chi connectivity index (χ3n) is 3.62. The SMILES string of the molecule is Cc1cncc(-c2nc(-c3ccc4c(c3)nnn4C(C)C)no2)n1. The van der Waals surface area contributed by atoms with Crippen LogP contribution in [0, 0.1) is 6.92 Å². The normalized spacial score (nSPS) is 11.5. The van der Waals surface area contributed by atoms with Crippen LogP contribution in [0.3, 0.4) is 0 Å². The molecular formula is C16H15N7O. The van der Waals surface area contributed by atoms with Gasteiger partial charge >= 0.3 is 0 Å². The van der Waals surface area contributed by atoms with Crippen LogP contribution in [-0.2, 0) is 0 Å². The fourth-order valence-electron chi connectivity index (χ4n) is 2.47. The number of aryl methyl sites for hydroxylation is 1. The maximum absolute atomic E-state index is 5.31. The maximum Gasteiger partial charge on any atom is 0.278 e. The molecule has 24 heavy (non-hydrogen) atoms. The van der Waals surface area contributed by atoms with E-state index in [-0.39, 0.29) is 6.04 Å². The summed E-state index contributed by atoms with van der Waals surface area (Å²) in [5, 5.41) is 12.4. The number of rotatable bonds is 3. The molecule has 120 valence electrons. The third-order valence-corrected chi connectivity index (χ3v) is 3.62. The molecule has 0 aliphatic heterocycles. The van der Waals surface area contributed by atoms with E-state index < -0.39 is 0 Å². The molecule has 0 amide bonds. The fourth-order valence-corrected chi connectivity index (χ4v) is 2.47. The first-order valence-corrected chi connectivity index (χ1v) is 7.60. The predicted molar refractivity (Wildman–Crippen MR) is 87.0 cm³/mol. The lowest BCUT2D eigenvalue weighted by Gasteiger charge is -2.04. The molecule has 0 radical (unpaired) electrons. The van der Waals surface area contributed by atoms with Crippen molar-refractivity contribution in [3.8, 4) is 23.0 Å². The molecule has 0 aliphatic carbocycles. The average Bonchev–Trinajstić information content (AvgIpc) is 3.21. The first kappa shape index (κ1) is 14.4. The van der Waals surface area contributed by atoms with Crippen molar-refractivity contribution >= 4 is 11.0 Å². The Kier molecular flexibility index (Phi) is 3.30. The van der Waals surface area contributed by atoms with E-state index in [2.05, 4.69) is 44.3 Å². The standard InChI is InChI=1S/C16H15N7O/c1-9(2)23-14-5-4-11(6-12(14)20-22-23)15-19-16(24-21-15)13-8-17-7-10(3)18-13/h4-9H,1-3H3. The highest BCUT2D eigenvalue weighted by Gasteiger charge is 2.14. The Morgan fingerprint density at radius 3 is 2.79 bits per heavy atom. The van der Waals surface area contributed by atoms with Crippen molar-refractivity contribution in [2.45, 2.75) is 26.8 Å². The zero-order chi connectivity index (χ0) is 16.7. The van der Waals surface area contributed by atoms with E-state index >= 15 is 0 Å². The minimum atomic E-state index is 0.248. The number of nitrogens with zero attached hydrogens (tertiary/aromatic N) is 7. The van der Waals surface area contributed by atoms with Crippen molar-refractivity contribution in [1.29, 1.82) is 0 Å². The molecule has 4 aromatic rings. The molecule has 1 aromatic carbocycles. The van der Waals surface area contributed by atoms with Crippen molar-refractivity contribution in [2.75, 3.05) is 0 Å². The summed E-state index contributed by atoms with van der Waals surface area (Å²) in [7, 11) is 0. The Morgan fingerprint density at radius 1 is 1.12 bits per heavy atom. The molecule has 8 heteroatoms. The molecule has 0 N–H and O–H groups in total. The van der Waals surface area contributed by atoms with Crippen LogP contribution in [0.1, 0.15) is 25.6 Å². The van der Waals surface area contributed by atoms with E-state index in [1.54, 1.807) is 12.4 Å². The molecule has 0 saturated carbocycles. The van der Waals surface area contributed by atoms with E-state index in [0.29, 0.717) is 17.4 Å². The largest absolute Gasteiger partial charge is 0.332 e. The summed E-state index contributed by atoms with van der Waals surface area (Å²) >= 11 is 0. The van der Waals surface area contributed by atoms with E-state index in [9.17, 15) is 0 Å². The first-order valence-electron chi connectivity index (χ1n) is 7.60. The maximum atomic E-state index is 5.31. The van der Waals surface area contributed by atoms with Gasteiger partial charge in [0.05, 0.1) is 17.4 Å². The van der Waals surface area contributed by atoms with E-state index in [4.69, 9.17) is 4.52 Å². The number of benzene rings is 1. The van der Waals surface area contributed by atoms with Gasteiger partial charge in [-0.3, -0.25) is 4.98 Å². The van der Waals surface area contributed by atoms with Crippen molar-refractivity contribution in [2.24, 2.45) is 0 Å². The molecule has 8 nitrogen and oxygen atoms in total. The van der Waals surface area contributed by atoms with Crippen molar-refractivity contribution in [3.05, 3.63) is 36.3 Å². The molecule has 0 aliphatic rings. The Morgan fingerprint density at radius 2 is 2.00 bits per heavy atom. The Bertz CT molecular complexity index is 1020. The van der Waals surface area contributed by atoms with Crippen LogP contribution in [0.2, 0.25) is 0 Å². The molecule has 0 fully saturated rings. The lowest BCUT2D eigenvalue weighted by atomic mass is 10.2. The van der Waals surface area contributed by atoms with Gasteiger partial charge in [0.25, 0.3) is 5.89 Å². The van der Waals surface area contributed by atoms with Crippen molar-refractivity contribution in [3.63, 3.8) is 0 Å². The van der Waals surface area contributed by atoms with Crippen LogP contribution in [0.5, 0.6) is 0 Å². The third kappa shape index (κ3) is 2.41. The summed E-state index contributed by atoms with van der Waals surface area (Å²) in [6.45, 7) is 5.99. The van der Waals surface area contributed by atoms with Gasteiger partial charge in [0.2, 0.25) is 5.82 Å². The monoisotopic (exact) mass is 321 g/mol. The van der Waals surface area contributed by atoms with E-state index in [1.807, 2.05) is 29.8 Å². The second kappa shape index (κ2) is 5.48.